The van der Waals surface area contributed by atoms with Crippen molar-refractivity contribution in [3.05, 3.63) is 102 Å². The number of nitrogens with zero attached hydrogens (tertiary/aromatic N) is 1. The molecule has 0 aliphatic carbocycles. The molecule has 1 aliphatic rings. The lowest BCUT2D eigenvalue weighted by Gasteiger charge is -2.32. The Kier molecular flexibility index (Phi) is 7.18. The Labute approximate surface area is 189 Å². The first kappa shape index (κ1) is 21.6. The lowest BCUT2D eigenvalue weighted by atomic mass is 9.93. The number of ether oxygens (including phenoxy) is 1. The second-order valence-electron chi connectivity index (χ2n) is 8.02. The van der Waals surface area contributed by atoms with Gasteiger partial charge in [-0.25, -0.2) is 0 Å². The van der Waals surface area contributed by atoms with Crippen LogP contribution in [0.1, 0.15) is 30.0 Å². The molecule has 3 aromatic rings. The monoisotopic (exact) mass is 428 g/mol. The van der Waals surface area contributed by atoms with Crippen LogP contribution in [0.3, 0.4) is 0 Å². The van der Waals surface area contributed by atoms with Crippen molar-refractivity contribution in [3.63, 3.8) is 0 Å². The molecular formula is C27H28N2O3. The molecule has 0 bridgehead atoms. The van der Waals surface area contributed by atoms with Crippen LogP contribution in [0.2, 0.25) is 0 Å². The topological polar surface area (TPSA) is 58.6 Å². The number of carbonyl (C=O) groups is 2. The van der Waals surface area contributed by atoms with E-state index in [1.54, 1.807) is 4.90 Å². The summed E-state index contributed by atoms with van der Waals surface area (Å²) in [6.07, 6.45) is 1.30. The fourth-order valence-corrected chi connectivity index (χ4v) is 4.05. The Bertz CT molecular complexity index is 961. The predicted octanol–water partition coefficient (Wildman–Crippen LogP) is 4.21. The minimum atomic E-state index is -0.191. The zero-order valence-corrected chi connectivity index (χ0v) is 18.0. The van der Waals surface area contributed by atoms with E-state index in [1.807, 2.05) is 91.0 Å². The highest BCUT2D eigenvalue weighted by atomic mass is 16.5. The van der Waals surface area contributed by atoms with Gasteiger partial charge in [-0.05, 0) is 36.1 Å². The van der Waals surface area contributed by atoms with E-state index in [-0.39, 0.29) is 30.4 Å². The summed E-state index contributed by atoms with van der Waals surface area (Å²) < 4.78 is 5.58. The van der Waals surface area contributed by atoms with Crippen molar-refractivity contribution in [2.24, 2.45) is 5.92 Å². The Hall–Kier alpha value is -3.60. The standard InChI is InChI=1S/C27H28N2O3/c30-25(20-32-24-14-8-3-9-15-24)29-18-16-23(17-19-29)27(31)28-26(21-10-4-1-5-11-21)22-12-6-2-7-13-22/h1-15,23,26H,16-20H2,(H,28,31). The van der Waals surface area contributed by atoms with E-state index in [1.165, 1.54) is 0 Å². The molecule has 0 aromatic heterocycles. The first-order chi connectivity index (χ1) is 15.7. The molecule has 5 heteroatoms. The number of rotatable bonds is 7. The number of hydrogen-bond donors (Lipinski definition) is 1. The van der Waals surface area contributed by atoms with Crippen LogP contribution in [0.4, 0.5) is 0 Å². The number of carbonyl (C=O) groups excluding carboxylic acids is 2. The Morgan fingerprint density at radius 3 is 1.84 bits per heavy atom. The van der Waals surface area contributed by atoms with Gasteiger partial charge in [-0.2, -0.15) is 0 Å². The van der Waals surface area contributed by atoms with Crippen molar-refractivity contribution in [1.29, 1.82) is 0 Å². The highest BCUT2D eigenvalue weighted by molar-refractivity contribution is 5.81. The Morgan fingerprint density at radius 1 is 0.812 bits per heavy atom. The van der Waals surface area contributed by atoms with Crippen molar-refractivity contribution >= 4 is 11.8 Å². The van der Waals surface area contributed by atoms with Gasteiger partial charge in [0, 0.05) is 19.0 Å². The summed E-state index contributed by atoms with van der Waals surface area (Å²) in [6.45, 7) is 1.15. The predicted molar refractivity (Wildman–Crippen MR) is 124 cm³/mol. The summed E-state index contributed by atoms with van der Waals surface area (Å²) in [5, 5.41) is 3.24. The van der Waals surface area contributed by atoms with Crippen LogP contribution in [0, 0.1) is 5.92 Å². The van der Waals surface area contributed by atoms with Crippen molar-refractivity contribution in [3.8, 4) is 5.75 Å². The fraction of sp³-hybridized carbons (Fsp3) is 0.259. The molecule has 32 heavy (non-hydrogen) atoms. The van der Waals surface area contributed by atoms with Gasteiger partial charge in [-0.3, -0.25) is 9.59 Å². The van der Waals surface area contributed by atoms with Gasteiger partial charge < -0.3 is 15.0 Å². The number of benzene rings is 3. The smallest absolute Gasteiger partial charge is 0.260 e. The third-order valence-corrected chi connectivity index (χ3v) is 5.88. The first-order valence-electron chi connectivity index (χ1n) is 11.1. The Morgan fingerprint density at radius 2 is 1.31 bits per heavy atom. The minimum Gasteiger partial charge on any atom is -0.484 e. The summed E-state index contributed by atoms with van der Waals surface area (Å²) in [4.78, 5) is 27.4. The van der Waals surface area contributed by atoms with Crippen LogP contribution in [-0.4, -0.2) is 36.4 Å². The van der Waals surface area contributed by atoms with Crippen molar-refractivity contribution in [2.45, 2.75) is 18.9 Å². The van der Waals surface area contributed by atoms with Gasteiger partial charge in [0.1, 0.15) is 5.75 Å². The number of hydrogen-bond acceptors (Lipinski definition) is 3. The van der Waals surface area contributed by atoms with Crippen LogP contribution in [-0.2, 0) is 9.59 Å². The highest BCUT2D eigenvalue weighted by Crippen LogP contribution is 2.24. The molecule has 0 spiro atoms. The molecular weight excluding hydrogens is 400 g/mol. The molecule has 1 fully saturated rings. The molecule has 0 atom stereocenters. The minimum absolute atomic E-state index is 0.0188. The second kappa shape index (κ2) is 10.6. The van der Waals surface area contributed by atoms with Crippen molar-refractivity contribution < 1.29 is 14.3 Å². The quantitative estimate of drug-likeness (QED) is 0.613. The van der Waals surface area contributed by atoms with Crippen LogP contribution in [0.15, 0.2) is 91.0 Å². The normalized spacial score (nSPS) is 14.2. The largest absolute Gasteiger partial charge is 0.484 e. The first-order valence-corrected chi connectivity index (χ1v) is 11.1. The van der Waals surface area contributed by atoms with Crippen LogP contribution in [0.5, 0.6) is 5.75 Å². The van der Waals surface area contributed by atoms with E-state index >= 15 is 0 Å². The molecule has 1 heterocycles. The van der Waals surface area contributed by atoms with Gasteiger partial charge in [-0.15, -0.1) is 0 Å². The van der Waals surface area contributed by atoms with Gasteiger partial charge in [0.15, 0.2) is 6.61 Å². The number of likely N-dealkylation sites (tertiary alicyclic amines) is 1. The van der Waals surface area contributed by atoms with Crippen molar-refractivity contribution in [1.82, 2.24) is 10.2 Å². The highest BCUT2D eigenvalue weighted by Gasteiger charge is 2.29. The summed E-state index contributed by atoms with van der Waals surface area (Å²) in [6, 6.07) is 29.2. The number of nitrogens with one attached hydrogen (secondary N) is 1. The average molecular weight is 429 g/mol. The maximum absolute atomic E-state index is 13.1. The molecule has 0 saturated carbocycles. The summed E-state index contributed by atoms with van der Waals surface area (Å²) in [7, 11) is 0. The summed E-state index contributed by atoms with van der Waals surface area (Å²) >= 11 is 0. The molecule has 2 amide bonds. The lowest BCUT2D eigenvalue weighted by molar-refractivity contribution is -0.137. The van der Waals surface area contributed by atoms with Crippen molar-refractivity contribution in [2.75, 3.05) is 19.7 Å². The van der Waals surface area contributed by atoms with Crippen LogP contribution >= 0.6 is 0 Å². The zero-order valence-electron chi connectivity index (χ0n) is 18.0. The summed E-state index contributed by atoms with van der Waals surface area (Å²) in [5.41, 5.74) is 2.11. The van der Waals surface area contributed by atoms with Crippen LogP contribution < -0.4 is 10.1 Å². The molecule has 164 valence electrons. The van der Waals surface area contributed by atoms with E-state index in [9.17, 15) is 9.59 Å². The molecule has 0 unspecified atom stereocenters. The van der Waals surface area contributed by atoms with Gasteiger partial charge in [0.2, 0.25) is 5.91 Å². The molecule has 5 nitrogen and oxygen atoms in total. The number of piperidine rings is 1. The van der Waals surface area contributed by atoms with Gasteiger partial charge >= 0.3 is 0 Å². The maximum atomic E-state index is 13.1. The molecule has 1 N–H and O–H groups in total. The number of amides is 2. The molecule has 1 saturated heterocycles. The molecule has 4 rings (SSSR count). The summed E-state index contributed by atoms with van der Waals surface area (Å²) in [5.74, 6) is 0.571. The Balaban J connectivity index is 1.32. The van der Waals surface area contributed by atoms with Gasteiger partial charge in [0.25, 0.3) is 5.91 Å². The van der Waals surface area contributed by atoms with E-state index in [0.717, 1.165) is 11.1 Å². The van der Waals surface area contributed by atoms with E-state index < -0.39 is 0 Å². The second-order valence-corrected chi connectivity index (χ2v) is 8.02. The van der Waals surface area contributed by atoms with E-state index in [2.05, 4.69) is 5.32 Å². The third kappa shape index (κ3) is 5.55. The van der Waals surface area contributed by atoms with E-state index in [4.69, 9.17) is 4.74 Å². The fourth-order valence-electron chi connectivity index (χ4n) is 4.05. The zero-order chi connectivity index (χ0) is 22.2. The maximum Gasteiger partial charge on any atom is 0.260 e. The van der Waals surface area contributed by atoms with Gasteiger partial charge in [-0.1, -0.05) is 78.9 Å². The lowest BCUT2D eigenvalue weighted by Crippen LogP contribution is -2.45. The van der Waals surface area contributed by atoms with Gasteiger partial charge in [0.05, 0.1) is 6.04 Å². The average Bonchev–Trinajstić information content (AvgIpc) is 2.87. The molecule has 3 aromatic carbocycles. The molecule has 0 radical (unpaired) electrons. The number of para-hydroxylation sites is 1. The SMILES string of the molecule is O=C(NC(c1ccccc1)c1ccccc1)C1CCN(C(=O)COc2ccccc2)CC1. The van der Waals surface area contributed by atoms with E-state index in [0.29, 0.717) is 31.7 Å². The molecule has 1 aliphatic heterocycles. The van der Waals surface area contributed by atoms with Crippen LogP contribution in [0.25, 0.3) is 0 Å². The third-order valence-electron chi connectivity index (χ3n) is 5.88.